The molecule has 72 valence electrons. The Morgan fingerprint density at radius 1 is 1.54 bits per heavy atom. The zero-order valence-corrected chi connectivity index (χ0v) is 7.34. The molecule has 0 aliphatic rings. The van der Waals surface area contributed by atoms with Crippen molar-refractivity contribution in [2.45, 2.75) is 18.6 Å². The van der Waals surface area contributed by atoms with Crippen LogP contribution in [0.15, 0.2) is 12.2 Å². The molecule has 0 spiro atoms. The van der Waals surface area contributed by atoms with Gasteiger partial charge in [-0.25, -0.2) is 4.79 Å². The van der Waals surface area contributed by atoms with Gasteiger partial charge in [0.1, 0.15) is 5.25 Å². The Hall–Kier alpha value is 0.120. The van der Waals surface area contributed by atoms with E-state index in [1.807, 2.05) is 0 Å². The fourth-order valence-electron chi connectivity index (χ4n) is 0.775. The molecule has 1 unspecified atom stereocenters. The number of aliphatic carboxylic acids is 1. The zero-order chi connectivity index (χ0) is 9.94. The first-order chi connectivity index (χ1) is 5.30. The second-order valence-electron chi connectivity index (χ2n) is 2.24. The topological polar surface area (TPSA) is 91.7 Å². The first kappa shape index (κ1) is 15.6. The van der Waals surface area contributed by atoms with Crippen molar-refractivity contribution in [2.24, 2.45) is 0 Å². The molecule has 5 nitrogen and oxygen atoms in total. The minimum absolute atomic E-state index is 0. The van der Waals surface area contributed by atoms with Gasteiger partial charge in [0.25, 0.3) is 10.1 Å². The van der Waals surface area contributed by atoms with E-state index in [0.717, 1.165) is 0 Å². The second kappa shape index (κ2) is 5.77. The number of hydrogen-bond acceptors (Lipinski definition) is 3. The molecular weight excluding hydrogens is 207 g/mol. The molecule has 0 amide bonds. The van der Waals surface area contributed by atoms with Crippen molar-refractivity contribution < 1.29 is 22.9 Å². The summed E-state index contributed by atoms with van der Waals surface area (Å²) in [6.07, 6.45) is -0.00995. The monoisotopic (exact) mass is 218 g/mol. The summed E-state index contributed by atoms with van der Waals surface area (Å²) in [6, 6.07) is 0. The zero-order valence-electron chi connectivity index (χ0n) is 6.52. The van der Waals surface area contributed by atoms with Gasteiger partial charge in [-0.15, -0.1) is 0 Å². The van der Waals surface area contributed by atoms with Gasteiger partial charge in [0, 0.05) is 0 Å². The van der Waals surface area contributed by atoms with Crippen LogP contribution in [0.4, 0.5) is 0 Å². The number of carboxylic acid groups (broad SMARTS) is 1. The van der Waals surface area contributed by atoms with Crippen molar-refractivity contribution in [3.05, 3.63) is 12.2 Å². The maximum atomic E-state index is 10.5. The Morgan fingerprint density at radius 3 is 2.00 bits per heavy atom. The van der Waals surface area contributed by atoms with Crippen LogP contribution in [-0.4, -0.2) is 58.9 Å². The van der Waals surface area contributed by atoms with Crippen LogP contribution >= 0.6 is 0 Å². The molecular formula is C6H11NaO5S. The van der Waals surface area contributed by atoms with E-state index in [1.165, 1.54) is 6.92 Å². The average Bonchev–Trinajstić information content (AvgIpc) is 1.85. The Bertz CT molecular complexity index is 294. The summed E-state index contributed by atoms with van der Waals surface area (Å²) >= 11 is 0. The van der Waals surface area contributed by atoms with E-state index < -0.39 is 26.9 Å². The van der Waals surface area contributed by atoms with Gasteiger partial charge in [-0.3, -0.25) is 4.55 Å². The van der Waals surface area contributed by atoms with Gasteiger partial charge < -0.3 is 5.11 Å². The van der Waals surface area contributed by atoms with Crippen molar-refractivity contribution in [2.75, 3.05) is 0 Å². The molecule has 0 heterocycles. The van der Waals surface area contributed by atoms with Gasteiger partial charge in [-0.2, -0.15) is 8.42 Å². The van der Waals surface area contributed by atoms with Crippen LogP contribution in [-0.2, 0) is 14.9 Å². The van der Waals surface area contributed by atoms with Gasteiger partial charge in [0.2, 0.25) is 0 Å². The third-order valence-electron chi connectivity index (χ3n) is 1.39. The SMILES string of the molecule is C=C(C(=O)O)C(CC)S(=O)(=O)O.[NaH]. The van der Waals surface area contributed by atoms with Crippen LogP contribution in [0.25, 0.3) is 0 Å². The summed E-state index contributed by atoms with van der Waals surface area (Å²) < 4.78 is 29.6. The molecule has 0 aromatic heterocycles. The predicted molar refractivity (Wildman–Crippen MR) is 49.6 cm³/mol. The standard InChI is InChI=1S/C6H10O5S.Na.H/c1-3-5(12(9,10)11)4(2)6(7)8;;/h5H,2-3H2,1H3,(H,7,8)(H,9,10,11);;. The molecule has 13 heavy (non-hydrogen) atoms. The molecule has 0 bridgehead atoms. The average molecular weight is 218 g/mol. The summed E-state index contributed by atoms with van der Waals surface area (Å²) in [6.45, 7) is 4.50. The Morgan fingerprint density at radius 2 is 1.92 bits per heavy atom. The molecule has 0 aromatic carbocycles. The molecule has 1 atom stereocenters. The summed E-state index contributed by atoms with van der Waals surface area (Å²) in [5.41, 5.74) is -0.514. The van der Waals surface area contributed by atoms with Crippen LogP contribution in [0.5, 0.6) is 0 Å². The van der Waals surface area contributed by atoms with Crippen molar-refractivity contribution in [3.63, 3.8) is 0 Å². The number of hydrogen-bond donors (Lipinski definition) is 2. The van der Waals surface area contributed by atoms with E-state index in [-0.39, 0.29) is 36.0 Å². The van der Waals surface area contributed by atoms with Gasteiger partial charge in [0.15, 0.2) is 0 Å². The molecule has 2 N–H and O–H groups in total. The predicted octanol–water partition coefficient (Wildman–Crippen LogP) is -0.355. The minimum atomic E-state index is -4.34. The first-order valence-electron chi connectivity index (χ1n) is 3.19. The molecule has 0 aromatic rings. The van der Waals surface area contributed by atoms with Crippen LogP contribution in [0.1, 0.15) is 13.3 Å². The van der Waals surface area contributed by atoms with E-state index in [2.05, 4.69) is 6.58 Å². The van der Waals surface area contributed by atoms with Crippen molar-refractivity contribution in [1.29, 1.82) is 0 Å². The number of carbonyl (C=O) groups is 1. The number of carboxylic acids is 1. The second-order valence-corrected chi connectivity index (χ2v) is 3.84. The van der Waals surface area contributed by atoms with E-state index in [0.29, 0.717) is 0 Å². The molecule has 0 saturated carbocycles. The molecule has 0 rings (SSSR count). The summed E-state index contributed by atoms with van der Waals surface area (Å²) in [4.78, 5) is 10.3. The van der Waals surface area contributed by atoms with E-state index in [1.54, 1.807) is 0 Å². The van der Waals surface area contributed by atoms with E-state index in [9.17, 15) is 13.2 Å². The molecule has 0 aliphatic heterocycles. The van der Waals surface area contributed by atoms with Crippen LogP contribution in [0, 0.1) is 0 Å². The fraction of sp³-hybridized carbons (Fsp3) is 0.500. The van der Waals surface area contributed by atoms with Gasteiger partial charge in [-0.05, 0) is 6.42 Å². The summed E-state index contributed by atoms with van der Waals surface area (Å²) in [7, 11) is -4.34. The Labute approximate surface area is 98.9 Å². The molecule has 7 heteroatoms. The van der Waals surface area contributed by atoms with Crippen molar-refractivity contribution in [1.82, 2.24) is 0 Å². The van der Waals surface area contributed by atoms with Crippen molar-refractivity contribution in [3.8, 4) is 0 Å². The van der Waals surface area contributed by atoms with Crippen LogP contribution in [0.3, 0.4) is 0 Å². The summed E-state index contributed by atoms with van der Waals surface area (Å²) in [5.74, 6) is -1.42. The van der Waals surface area contributed by atoms with Crippen molar-refractivity contribution >= 4 is 45.6 Å². The van der Waals surface area contributed by atoms with Gasteiger partial charge in [0.05, 0.1) is 5.57 Å². The summed E-state index contributed by atoms with van der Waals surface area (Å²) in [5, 5.41) is 6.96. The van der Waals surface area contributed by atoms with Gasteiger partial charge >= 0.3 is 35.5 Å². The quantitative estimate of drug-likeness (QED) is 0.382. The normalized spacial score (nSPS) is 12.8. The number of rotatable bonds is 4. The molecule has 0 fully saturated rings. The molecule has 0 aliphatic carbocycles. The third-order valence-corrected chi connectivity index (χ3v) is 2.73. The van der Waals surface area contributed by atoms with E-state index in [4.69, 9.17) is 9.66 Å². The Kier molecular flexibility index (Phi) is 6.91. The Balaban J connectivity index is 0. The fourth-order valence-corrected chi connectivity index (χ4v) is 1.66. The van der Waals surface area contributed by atoms with Crippen LogP contribution in [0.2, 0.25) is 0 Å². The first-order valence-corrected chi connectivity index (χ1v) is 4.69. The van der Waals surface area contributed by atoms with Gasteiger partial charge in [-0.1, -0.05) is 13.5 Å². The van der Waals surface area contributed by atoms with Crippen LogP contribution < -0.4 is 0 Å². The molecule has 0 radical (unpaired) electrons. The maximum absolute atomic E-state index is 10.5. The third kappa shape index (κ3) is 4.78. The molecule has 0 saturated heterocycles. The van der Waals surface area contributed by atoms with E-state index >= 15 is 0 Å².